The Morgan fingerprint density at radius 3 is 2.57 bits per heavy atom. The summed E-state index contributed by atoms with van der Waals surface area (Å²) in [5, 5.41) is 21.6. The van der Waals surface area contributed by atoms with Gasteiger partial charge in [-0.25, -0.2) is 4.79 Å². The smallest absolute Gasteiger partial charge is 0.328 e. The highest BCUT2D eigenvalue weighted by Crippen LogP contribution is 2.30. The first-order chi connectivity index (χ1) is 9.67. The predicted octanol–water partition coefficient (Wildman–Crippen LogP) is 1.37. The number of rotatable bonds is 2. The topological polar surface area (TPSA) is 95.9 Å². The summed E-state index contributed by atoms with van der Waals surface area (Å²) in [6.45, 7) is 5.23. The number of phenols is 1. The van der Waals surface area contributed by atoms with Gasteiger partial charge in [0.25, 0.3) is 0 Å². The van der Waals surface area contributed by atoms with E-state index in [0.29, 0.717) is 5.56 Å². The maximum atomic E-state index is 12.3. The van der Waals surface area contributed by atoms with E-state index < -0.39 is 29.6 Å². The van der Waals surface area contributed by atoms with Gasteiger partial charge in [-0.05, 0) is 50.5 Å². The standard InChI is InChI=1S/C15H19NO5/c1-15(2,3)21-14(20)12-10-7-9(17)5-4-8(10)6-11(16-12)13(18)19/h4-5,7,11-12,16-17H,6H2,1-3H3,(H,18,19)/t11-,12-/m0/s1. The Kier molecular flexibility index (Phi) is 3.91. The van der Waals surface area contributed by atoms with Crippen LogP contribution in [-0.4, -0.2) is 33.8 Å². The first-order valence-corrected chi connectivity index (χ1v) is 6.71. The molecule has 1 aromatic rings. The molecule has 1 aliphatic rings. The Morgan fingerprint density at radius 1 is 1.33 bits per heavy atom. The largest absolute Gasteiger partial charge is 0.508 e. The molecule has 2 rings (SSSR count). The van der Waals surface area contributed by atoms with Crippen LogP contribution in [0.4, 0.5) is 0 Å². The lowest BCUT2D eigenvalue weighted by molar-refractivity contribution is -0.158. The molecule has 0 bridgehead atoms. The molecule has 0 saturated carbocycles. The summed E-state index contributed by atoms with van der Waals surface area (Å²) in [6, 6.07) is 2.82. The van der Waals surface area contributed by atoms with Gasteiger partial charge in [0.1, 0.15) is 23.4 Å². The fraction of sp³-hybridized carbons (Fsp3) is 0.467. The van der Waals surface area contributed by atoms with Crippen LogP contribution in [0.5, 0.6) is 5.75 Å². The van der Waals surface area contributed by atoms with Crippen LogP contribution in [0, 0.1) is 0 Å². The zero-order chi connectivity index (χ0) is 15.8. The average Bonchev–Trinajstić information content (AvgIpc) is 2.35. The minimum Gasteiger partial charge on any atom is -0.508 e. The molecular formula is C15H19NO5. The van der Waals surface area contributed by atoms with Crippen molar-refractivity contribution in [2.45, 2.75) is 44.9 Å². The third-order valence-corrected chi connectivity index (χ3v) is 3.17. The van der Waals surface area contributed by atoms with Crippen molar-refractivity contribution in [3.05, 3.63) is 29.3 Å². The van der Waals surface area contributed by atoms with E-state index >= 15 is 0 Å². The van der Waals surface area contributed by atoms with Crippen molar-refractivity contribution in [3.8, 4) is 5.75 Å². The fourth-order valence-electron chi connectivity index (χ4n) is 2.32. The Morgan fingerprint density at radius 2 is 2.00 bits per heavy atom. The number of nitrogens with one attached hydrogen (secondary N) is 1. The highest BCUT2D eigenvalue weighted by Gasteiger charge is 2.36. The van der Waals surface area contributed by atoms with E-state index in [9.17, 15) is 19.8 Å². The molecule has 0 saturated heterocycles. The number of fused-ring (bicyclic) bond motifs is 1. The molecular weight excluding hydrogens is 274 g/mol. The first-order valence-electron chi connectivity index (χ1n) is 6.71. The number of carboxylic acid groups (broad SMARTS) is 1. The van der Waals surface area contributed by atoms with Crippen molar-refractivity contribution in [1.29, 1.82) is 0 Å². The summed E-state index contributed by atoms with van der Waals surface area (Å²) in [5.41, 5.74) is 0.600. The Balaban J connectivity index is 2.37. The SMILES string of the molecule is CC(C)(C)OC(=O)[C@H]1N[C@H](C(=O)O)Cc2ccc(O)cc21. The minimum absolute atomic E-state index is 0.0258. The van der Waals surface area contributed by atoms with Gasteiger partial charge in [0.2, 0.25) is 0 Å². The monoisotopic (exact) mass is 293 g/mol. The van der Waals surface area contributed by atoms with Gasteiger partial charge in [-0.2, -0.15) is 0 Å². The number of hydrogen-bond acceptors (Lipinski definition) is 5. The molecule has 0 spiro atoms. The highest BCUT2D eigenvalue weighted by molar-refractivity contribution is 5.82. The van der Waals surface area contributed by atoms with Crippen molar-refractivity contribution >= 4 is 11.9 Å². The molecule has 0 radical (unpaired) electrons. The molecule has 1 heterocycles. The molecule has 1 aliphatic heterocycles. The fourth-order valence-corrected chi connectivity index (χ4v) is 2.32. The second-order valence-electron chi connectivity index (χ2n) is 6.11. The minimum atomic E-state index is -1.03. The highest BCUT2D eigenvalue weighted by atomic mass is 16.6. The van der Waals surface area contributed by atoms with Gasteiger partial charge in [0, 0.05) is 0 Å². The number of aliphatic carboxylic acids is 1. The molecule has 0 amide bonds. The maximum Gasteiger partial charge on any atom is 0.328 e. The number of carbonyl (C=O) groups is 2. The summed E-state index contributed by atoms with van der Waals surface area (Å²) in [5.74, 6) is -1.56. The van der Waals surface area contributed by atoms with Gasteiger partial charge >= 0.3 is 11.9 Å². The van der Waals surface area contributed by atoms with Crippen LogP contribution in [0.2, 0.25) is 0 Å². The van der Waals surface area contributed by atoms with Gasteiger partial charge in [0.05, 0.1) is 0 Å². The molecule has 2 atom stereocenters. The molecule has 6 heteroatoms. The number of carbonyl (C=O) groups excluding carboxylic acids is 1. The second-order valence-corrected chi connectivity index (χ2v) is 6.11. The van der Waals surface area contributed by atoms with Crippen molar-refractivity contribution in [1.82, 2.24) is 5.32 Å². The number of ether oxygens (including phenoxy) is 1. The zero-order valence-corrected chi connectivity index (χ0v) is 12.2. The number of aromatic hydroxyl groups is 1. The summed E-state index contributed by atoms with van der Waals surface area (Å²) in [7, 11) is 0. The lowest BCUT2D eigenvalue weighted by Gasteiger charge is -2.32. The number of carboxylic acids is 1. The molecule has 0 unspecified atom stereocenters. The van der Waals surface area contributed by atoms with Gasteiger partial charge in [-0.15, -0.1) is 0 Å². The van der Waals surface area contributed by atoms with Crippen molar-refractivity contribution in [2.75, 3.05) is 0 Å². The van der Waals surface area contributed by atoms with Crippen LogP contribution in [0.3, 0.4) is 0 Å². The van der Waals surface area contributed by atoms with Crippen LogP contribution < -0.4 is 5.32 Å². The molecule has 6 nitrogen and oxygen atoms in total. The maximum absolute atomic E-state index is 12.3. The lowest BCUT2D eigenvalue weighted by atomic mass is 9.90. The quantitative estimate of drug-likeness (QED) is 0.713. The number of esters is 1. The van der Waals surface area contributed by atoms with E-state index in [-0.39, 0.29) is 12.2 Å². The van der Waals surface area contributed by atoms with Gasteiger partial charge in [0.15, 0.2) is 0 Å². The zero-order valence-electron chi connectivity index (χ0n) is 12.2. The van der Waals surface area contributed by atoms with Crippen molar-refractivity contribution in [2.24, 2.45) is 0 Å². The van der Waals surface area contributed by atoms with E-state index in [1.807, 2.05) is 0 Å². The van der Waals surface area contributed by atoms with Crippen LogP contribution >= 0.6 is 0 Å². The third kappa shape index (κ3) is 3.52. The number of benzene rings is 1. The Bertz CT molecular complexity index is 576. The molecule has 0 aliphatic carbocycles. The van der Waals surface area contributed by atoms with Gasteiger partial charge in [-0.3, -0.25) is 10.1 Å². The van der Waals surface area contributed by atoms with E-state index in [0.717, 1.165) is 5.56 Å². The molecule has 21 heavy (non-hydrogen) atoms. The van der Waals surface area contributed by atoms with Crippen LogP contribution in [0.15, 0.2) is 18.2 Å². The van der Waals surface area contributed by atoms with Gasteiger partial charge in [-0.1, -0.05) is 6.07 Å². The molecule has 0 aromatic heterocycles. The van der Waals surface area contributed by atoms with Crippen molar-refractivity contribution in [3.63, 3.8) is 0 Å². The summed E-state index contributed by atoms with van der Waals surface area (Å²) in [4.78, 5) is 23.5. The lowest BCUT2D eigenvalue weighted by Crippen LogP contribution is -2.48. The average molecular weight is 293 g/mol. The third-order valence-electron chi connectivity index (χ3n) is 3.17. The molecule has 114 valence electrons. The number of hydrogen-bond donors (Lipinski definition) is 3. The summed E-state index contributed by atoms with van der Waals surface area (Å²) < 4.78 is 5.33. The second kappa shape index (κ2) is 5.37. The van der Waals surface area contributed by atoms with Gasteiger partial charge < -0.3 is 14.9 Å². The van der Waals surface area contributed by atoms with Crippen molar-refractivity contribution < 1.29 is 24.5 Å². The Labute approximate surface area is 122 Å². The van der Waals surface area contributed by atoms with Crippen LogP contribution in [0.25, 0.3) is 0 Å². The normalized spacial score (nSPS) is 21.5. The van der Waals surface area contributed by atoms with E-state index in [1.54, 1.807) is 26.8 Å². The van der Waals surface area contributed by atoms with E-state index in [4.69, 9.17) is 4.74 Å². The van der Waals surface area contributed by atoms with Crippen LogP contribution in [0.1, 0.15) is 37.9 Å². The predicted molar refractivity (Wildman–Crippen MR) is 75.0 cm³/mol. The Hall–Kier alpha value is -2.08. The summed E-state index contributed by atoms with van der Waals surface area (Å²) in [6.07, 6.45) is 0.254. The molecule has 3 N–H and O–H groups in total. The van der Waals surface area contributed by atoms with Crippen LogP contribution in [-0.2, 0) is 20.7 Å². The first kappa shape index (κ1) is 15.3. The molecule has 0 fully saturated rings. The summed E-state index contributed by atoms with van der Waals surface area (Å²) >= 11 is 0. The molecule has 1 aromatic carbocycles. The number of phenolic OH excluding ortho intramolecular Hbond substituents is 1. The van der Waals surface area contributed by atoms with E-state index in [2.05, 4.69) is 5.32 Å². The van der Waals surface area contributed by atoms with E-state index in [1.165, 1.54) is 12.1 Å².